The van der Waals surface area contributed by atoms with Crippen LogP contribution in [0.25, 0.3) is 0 Å². The molecule has 1 unspecified atom stereocenters. The molecule has 5 nitrogen and oxygen atoms in total. The number of unbranched alkanes of at least 4 members (excludes halogenated alkanes) is 2. The van der Waals surface area contributed by atoms with Crippen molar-refractivity contribution >= 4 is 11.9 Å². The lowest BCUT2D eigenvalue weighted by molar-refractivity contribution is -0.176. The second-order valence-electron chi connectivity index (χ2n) is 4.95. The largest absolute Gasteiger partial charge is 0.393 e. The van der Waals surface area contributed by atoms with Crippen molar-refractivity contribution in [1.82, 2.24) is 0 Å². The molecule has 19 heavy (non-hydrogen) atoms. The minimum atomic E-state index is -1.99. The summed E-state index contributed by atoms with van der Waals surface area (Å²) < 4.78 is 4.61. The van der Waals surface area contributed by atoms with E-state index >= 15 is 0 Å². The molecule has 110 valence electrons. The SMILES string of the molecule is CCCCCC(O)(CO)C(=O)OC(=O)C(C)=C(C)C. The molecule has 0 saturated carbocycles. The number of ether oxygens (including phenoxy) is 1. The average molecular weight is 272 g/mol. The Balaban J connectivity index is 4.68. The highest BCUT2D eigenvalue weighted by Crippen LogP contribution is 2.18. The maximum atomic E-state index is 11.8. The lowest BCUT2D eigenvalue weighted by Gasteiger charge is -2.23. The second-order valence-corrected chi connectivity index (χ2v) is 4.95. The molecule has 0 aliphatic heterocycles. The minimum absolute atomic E-state index is 0.0807. The van der Waals surface area contributed by atoms with Gasteiger partial charge in [-0.1, -0.05) is 25.3 Å². The van der Waals surface area contributed by atoms with E-state index in [1.807, 2.05) is 6.92 Å². The topological polar surface area (TPSA) is 83.8 Å². The van der Waals surface area contributed by atoms with Crippen molar-refractivity contribution in [3.8, 4) is 0 Å². The third kappa shape index (κ3) is 5.53. The summed E-state index contributed by atoms with van der Waals surface area (Å²) in [5.41, 5.74) is -0.939. The Kier molecular flexibility index (Phi) is 7.56. The summed E-state index contributed by atoms with van der Waals surface area (Å²) >= 11 is 0. The standard InChI is InChI=1S/C14H24O5/c1-5-6-7-8-14(18,9-15)13(17)19-12(16)11(4)10(2)3/h15,18H,5-9H2,1-4H3. The first-order valence-electron chi connectivity index (χ1n) is 6.52. The van der Waals surface area contributed by atoms with Gasteiger partial charge in [-0.3, -0.25) is 0 Å². The smallest absolute Gasteiger partial charge is 0.348 e. The zero-order valence-corrected chi connectivity index (χ0v) is 12.2. The summed E-state index contributed by atoms with van der Waals surface area (Å²) in [6, 6.07) is 0. The van der Waals surface area contributed by atoms with Crippen molar-refractivity contribution in [2.45, 2.75) is 59.0 Å². The molecular weight excluding hydrogens is 248 g/mol. The van der Waals surface area contributed by atoms with E-state index in [2.05, 4.69) is 4.74 Å². The molecule has 0 aliphatic rings. The van der Waals surface area contributed by atoms with Crippen LogP contribution in [0.3, 0.4) is 0 Å². The molecule has 0 rings (SSSR count). The summed E-state index contributed by atoms with van der Waals surface area (Å²) in [6.07, 6.45) is 2.42. The lowest BCUT2D eigenvalue weighted by Crippen LogP contribution is -2.44. The minimum Gasteiger partial charge on any atom is -0.393 e. The first kappa shape index (κ1) is 17.8. The van der Waals surface area contributed by atoms with Gasteiger partial charge in [-0.25, -0.2) is 9.59 Å². The van der Waals surface area contributed by atoms with E-state index in [0.717, 1.165) is 18.4 Å². The van der Waals surface area contributed by atoms with Gasteiger partial charge in [0.05, 0.1) is 6.61 Å². The van der Waals surface area contributed by atoms with Crippen LogP contribution >= 0.6 is 0 Å². The van der Waals surface area contributed by atoms with Gasteiger partial charge in [0.25, 0.3) is 0 Å². The Hall–Kier alpha value is -1.20. The predicted molar refractivity (Wildman–Crippen MR) is 71.3 cm³/mol. The molecule has 0 saturated heterocycles. The number of allylic oxidation sites excluding steroid dienone is 1. The van der Waals surface area contributed by atoms with E-state index in [0.29, 0.717) is 12.0 Å². The Morgan fingerprint density at radius 3 is 2.16 bits per heavy atom. The van der Waals surface area contributed by atoms with Gasteiger partial charge in [-0.05, 0) is 33.6 Å². The fraction of sp³-hybridized carbons (Fsp3) is 0.714. The lowest BCUT2D eigenvalue weighted by atomic mass is 9.97. The highest BCUT2D eigenvalue weighted by Gasteiger charge is 2.38. The molecule has 1 atom stereocenters. The Bertz CT molecular complexity index is 355. The van der Waals surface area contributed by atoms with Gasteiger partial charge in [0.15, 0.2) is 5.60 Å². The summed E-state index contributed by atoms with van der Waals surface area (Å²) in [4.78, 5) is 23.3. The maximum absolute atomic E-state index is 11.8. The number of hydrogen-bond acceptors (Lipinski definition) is 5. The van der Waals surface area contributed by atoms with Crippen molar-refractivity contribution < 1.29 is 24.5 Å². The second kappa shape index (κ2) is 8.07. The van der Waals surface area contributed by atoms with Crippen LogP contribution in [-0.2, 0) is 14.3 Å². The van der Waals surface area contributed by atoms with E-state index in [-0.39, 0.29) is 6.42 Å². The number of esters is 2. The molecule has 0 amide bonds. The molecule has 0 aromatic heterocycles. The number of aliphatic hydroxyl groups is 2. The monoisotopic (exact) mass is 272 g/mol. The molecule has 2 N–H and O–H groups in total. The van der Waals surface area contributed by atoms with Crippen molar-refractivity contribution in [3.63, 3.8) is 0 Å². The zero-order valence-electron chi connectivity index (χ0n) is 12.2. The zero-order chi connectivity index (χ0) is 15.1. The van der Waals surface area contributed by atoms with Crippen LogP contribution in [0.1, 0.15) is 53.4 Å². The third-order valence-corrected chi connectivity index (χ3v) is 3.08. The van der Waals surface area contributed by atoms with Gasteiger partial charge in [-0.2, -0.15) is 0 Å². The van der Waals surface area contributed by atoms with E-state index in [1.54, 1.807) is 20.8 Å². The fourth-order valence-corrected chi connectivity index (χ4v) is 1.37. The van der Waals surface area contributed by atoms with Crippen LogP contribution in [-0.4, -0.2) is 34.4 Å². The van der Waals surface area contributed by atoms with Crippen LogP contribution in [0, 0.1) is 0 Å². The summed E-state index contributed by atoms with van der Waals surface area (Å²) in [7, 11) is 0. The average Bonchev–Trinajstić information content (AvgIpc) is 2.37. The molecule has 0 bridgehead atoms. The highest BCUT2D eigenvalue weighted by molar-refractivity contribution is 5.98. The molecule has 0 spiro atoms. The number of aliphatic hydroxyl groups excluding tert-OH is 1. The Labute approximate surface area is 114 Å². The molecule has 0 aromatic rings. The van der Waals surface area contributed by atoms with Gasteiger partial charge in [0, 0.05) is 5.57 Å². The van der Waals surface area contributed by atoms with E-state index < -0.39 is 24.1 Å². The maximum Gasteiger partial charge on any atom is 0.348 e. The molecule has 0 aliphatic carbocycles. The molecule has 0 aromatic carbocycles. The first-order chi connectivity index (χ1) is 8.78. The number of carbonyl (C=O) groups is 2. The normalized spacial score (nSPS) is 13.6. The summed E-state index contributed by atoms with van der Waals surface area (Å²) in [5.74, 6) is -1.87. The number of carbonyl (C=O) groups excluding carboxylic acids is 2. The summed E-state index contributed by atoms with van der Waals surface area (Å²) in [6.45, 7) is 6.22. The van der Waals surface area contributed by atoms with Crippen molar-refractivity contribution in [2.75, 3.05) is 6.61 Å². The van der Waals surface area contributed by atoms with Crippen LogP contribution < -0.4 is 0 Å². The Morgan fingerprint density at radius 2 is 1.74 bits per heavy atom. The predicted octanol–water partition coefficient (Wildman–Crippen LogP) is 1.72. The molecule has 0 fully saturated rings. The van der Waals surface area contributed by atoms with Crippen molar-refractivity contribution in [2.24, 2.45) is 0 Å². The molecule has 5 heteroatoms. The van der Waals surface area contributed by atoms with Gasteiger partial charge in [-0.15, -0.1) is 0 Å². The van der Waals surface area contributed by atoms with Crippen LogP contribution in [0.4, 0.5) is 0 Å². The van der Waals surface area contributed by atoms with Gasteiger partial charge < -0.3 is 14.9 Å². The van der Waals surface area contributed by atoms with Gasteiger partial charge in [0.1, 0.15) is 0 Å². The third-order valence-electron chi connectivity index (χ3n) is 3.08. The number of rotatable bonds is 7. The summed E-state index contributed by atoms with van der Waals surface area (Å²) in [5, 5.41) is 19.1. The molecular formula is C14H24O5. The fourth-order valence-electron chi connectivity index (χ4n) is 1.37. The highest BCUT2D eigenvalue weighted by atomic mass is 16.6. The van der Waals surface area contributed by atoms with E-state index in [9.17, 15) is 14.7 Å². The van der Waals surface area contributed by atoms with Gasteiger partial charge in [0.2, 0.25) is 0 Å². The van der Waals surface area contributed by atoms with Crippen LogP contribution in [0.5, 0.6) is 0 Å². The molecule has 0 heterocycles. The van der Waals surface area contributed by atoms with E-state index in [1.165, 1.54) is 0 Å². The van der Waals surface area contributed by atoms with Crippen molar-refractivity contribution in [1.29, 1.82) is 0 Å². The Morgan fingerprint density at radius 1 is 1.16 bits per heavy atom. The van der Waals surface area contributed by atoms with Crippen LogP contribution in [0.2, 0.25) is 0 Å². The quantitative estimate of drug-likeness (QED) is 0.319. The number of hydrogen-bond donors (Lipinski definition) is 2. The van der Waals surface area contributed by atoms with Gasteiger partial charge >= 0.3 is 11.9 Å². The van der Waals surface area contributed by atoms with Crippen molar-refractivity contribution in [3.05, 3.63) is 11.1 Å². The van der Waals surface area contributed by atoms with Crippen LogP contribution in [0.15, 0.2) is 11.1 Å². The van der Waals surface area contributed by atoms with E-state index in [4.69, 9.17) is 5.11 Å². The molecule has 0 radical (unpaired) electrons. The first-order valence-corrected chi connectivity index (χ1v) is 6.52.